The lowest BCUT2D eigenvalue weighted by molar-refractivity contribution is -0.138. The van der Waals surface area contributed by atoms with Gasteiger partial charge in [-0.05, 0) is 56.4 Å². The highest BCUT2D eigenvalue weighted by molar-refractivity contribution is 5.89. The first-order valence-corrected chi connectivity index (χ1v) is 10.1. The number of allylic oxidation sites excluding steroid dienone is 7. The van der Waals surface area contributed by atoms with Crippen LogP contribution in [-0.4, -0.2) is 32.3 Å². The molecular formula is C23H30O6. The molecule has 0 atom stereocenters. The van der Waals surface area contributed by atoms with E-state index in [1.165, 1.54) is 6.08 Å². The van der Waals surface area contributed by atoms with Crippen LogP contribution in [0.1, 0.15) is 51.4 Å². The second kappa shape index (κ2) is 12.6. The van der Waals surface area contributed by atoms with Gasteiger partial charge in [-0.15, -0.1) is 0 Å². The third kappa shape index (κ3) is 8.42. The van der Waals surface area contributed by atoms with Gasteiger partial charge in [-0.2, -0.15) is 0 Å². The molecule has 0 heterocycles. The van der Waals surface area contributed by atoms with Crippen molar-refractivity contribution in [3.63, 3.8) is 0 Å². The van der Waals surface area contributed by atoms with Crippen LogP contribution in [0.5, 0.6) is 0 Å². The highest BCUT2D eigenvalue weighted by Crippen LogP contribution is 2.24. The van der Waals surface area contributed by atoms with Crippen LogP contribution in [0, 0.1) is 0 Å². The third-order valence-corrected chi connectivity index (χ3v) is 4.67. The van der Waals surface area contributed by atoms with Crippen LogP contribution >= 0.6 is 0 Å². The quantitative estimate of drug-likeness (QED) is 0.269. The van der Waals surface area contributed by atoms with Gasteiger partial charge in [0.25, 0.3) is 0 Å². The Balaban J connectivity index is 1.62. The van der Waals surface area contributed by atoms with Crippen LogP contribution in [0.15, 0.2) is 59.8 Å². The van der Waals surface area contributed by atoms with Crippen molar-refractivity contribution < 1.29 is 28.5 Å². The molecule has 6 heteroatoms. The summed E-state index contributed by atoms with van der Waals surface area (Å²) >= 11 is 0. The predicted molar refractivity (Wildman–Crippen MR) is 109 cm³/mol. The maximum absolute atomic E-state index is 12.3. The lowest BCUT2D eigenvalue weighted by Crippen LogP contribution is -2.12. The topological polar surface area (TPSA) is 71.1 Å². The number of rotatable bonds is 12. The lowest BCUT2D eigenvalue weighted by Gasteiger charge is -2.17. The predicted octanol–water partition coefficient (Wildman–Crippen LogP) is 4.65. The molecule has 0 spiro atoms. The number of carbonyl (C=O) groups is 2. The minimum absolute atomic E-state index is 0.294. The molecule has 0 saturated carbocycles. The molecule has 0 N–H and O–H groups in total. The molecule has 2 rings (SSSR count). The molecule has 0 aliphatic heterocycles. The molecule has 0 aromatic carbocycles. The zero-order valence-corrected chi connectivity index (χ0v) is 17.1. The molecule has 2 aliphatic carbocycles. The lowest BCUT2D eigenvalue weighted by atomic mass is 10.0. The van der Waals surface area contributed by atoms with E-state index in [0.717, 1.165) is 43.6 Å². The summed E-state index contributed by atoms with van der Waals surface area (Å²) in [7, 11) is 1.64. The van der Waals surface area contributed by atoms with Crippen LogP contribution in [0.2, 0.25) is 0 Å². The normalized spacial score (nSPS) is 15.9. The molecule has 0 unspecified atom stereocenters. The van der Waals surface area contributed by atoms with Gasteiger partial charge in [-0.25, -0.2) is 9.59 Å². The van der Waals surface area contributed by atoms with E-state index in [4.69, 9.17) is 18.9 Å². The molecular weight excluding hydrogens is 372 g/mol. The zero-order chi connectivity index (χ0) is 20.9. The highest BCUT2D eigenvalue weighted by Gasteiger charge is 2.18. The van der Waals surface area contributed by atoms with E-state index in [9.17, 15) is 9.59 Å². The molecule has 6 nitrogen and oxygen atoms in total. The van der Waals surface area contributed by atoms with Crippen molar-refractivity contribution in [2.24, 2.45) is 0 Å². The standard InChI is InChI=1S/C23H30O6/c1-3-22(24)28-17-7-5-4-6-16-27-20-10-8-18(9-11-20)23(25)29-21-14-12-19(26-2)13-15-21/h3,8,10,12,14H,1,4-7,9,11,13,15-17H2,2H3. The van der Waals surface area contributed by atoms with E-state index < -0.39 is 0 Å². The van der Waals surface area contributed by atoms with Crippen LogP contribution < -0.4 is 0 Å². The monoisotopic (exact) mass is 402 g/mol. The smallest absolute Gasteiger partial charge is 0.339 e. The fraction of sp³-hybridized carbons (Fsp3) is 0.478. The van der Waals surface area contributed by atoms with E-state index in [0.29, 0.717) is 43.8 Å². The SMILES string of the molecule is C=CC(=O)OCCCCCCOC1=CC=C(C(=O)OC2=CC=C(OC)CC2)CC1. The van der Waals surface area contributed by atoms with Gasteiger partial charge in [0.2, 0.25) is 0 Å². The molecule has 0 bridgehead atoms. The van der Waals surface area contributed by atoms with Gasteiger partial charge in [0.15, 0.2) is 0 Å². The van der Waals surface area contributed by atoms with E-state index in [1.54, 1.807) is 19.3 Å². The molecule has 158 valence electrons. The Morgan fingerprint density at radius 3 is 2.17 bits per heavy atom. The van der Waals surface area contributed by atoms with Gasteiger partial charge < -0.3 is 18.9 Å². The molecule has 0 fully saturated rings. The van der Waals surface area contributed by atoms with Gasteiger partial charge in [0.05, 0.1) is 31.8 Å². The molecule has 0 saturated heterocycles. The first-order chi connectivity index (χ1) is 14.1. The minimum atomic E-state index is -0.374. The number of unbranched alkanes of at least 4 members (excludes halogenated alkanes) is 3. The van der Waals surface area contributed by atoms with E-state index in [1.807, 2.05) is 12.2 Å². The first kappa shape index (κ1) is 22.5. The fourth-order valence-corrected chi connectivity index (χ4v) is 2.94. The Morgan fingerprint density at radius 1 is 0.897 bits per heavy atom. The highest BCUT2D eigenvalue weighted by atomic mass is 16.5. The molecule has 0 radical (unpaired) electrons. The number of methoxy groups -OCH3 is 1. The van der Waals surface area contributed by atoms with Gasteiger partial charge in [-0.1, -0.05) is 6.58 Å². The van der Waals surface area contributed by atoms with Crippen molar-refractivity contribution in [2.45, 2.75) is 51.4 Å². The number of hydrogen-bond acceptors (Lipinski definition) is 6. The Hall–Kier alpha value is -2.76. The van der Waals surface area contributed by atoms with E-state index >= 15 is 0 Å². The van der Waals surface area contributed by atoms with Crippen molar-refractivity contribution >= 4 is 11.9 Å². The maximum atomic E-state index is 12.3. The number of carbonyl (C=O) groups excluding carboxylic acids is 2. The average Bonchev–Trinajstić information content (AvgIpc) is 2.76. The molecule has 0 amide bonds. The summed E-state index contributed by atoms with van der Waals surface area (Å²) in [5.41, 5.74) is 0.661. The first-order valence-electron chi connectivity index (χ1n) is 10.1. The van der Waals surface area contributed by atoms with Crippen LogP contribution in [0.3, 0.4) is 0 Å². The van der Waals surface area contributed by atoms with Crippen LogP contribution in [0.4, 0.5) is 0 Å². The van der Waals surface area contributed by atoms with Gasteiger partial charge >= 0.3 is 11.9 Å². The Kier molecular flexibility index (Phi) is 9.83. The third-order valence-electron chi connectivity index (χ3n) is 4.67. The van der Waals surface area contributed by atoms with E-state index in [2.05, 4.69) is 6.58 Å². The van der Waals surface area contributed by atoms with Crippen molar-refractivity contribution in [2.75, 3.05) is 20.3 Å². The summed E-state index contributed by atoms with van der Waals surface area (Å²) < 4.78 is 21.4. The van der Waals surface area contributed by atoms with Crippen LogP contribution in [-0.2, 0) is 28.5 Å². The van der Waals surface area contributed by atoms with Crippen molar-refractivity contribution in [1.29, 1.82) is 0 Å². The number of hydrogen-bond donors (Lipinski definition) is 0. The molecule has 0 aromatic heterocycles. The van der Waals surface area contributed by atoms with Crippen molar-refractivity contribution in [3.05, 3.63) is 59.8 Å². The summed E-state index contributed by atoms with van der Waals surface area (Å²) in [5.74, 6) is 1.79. The number of ether oxygens (including phenoxy) is 4. The van der Waals surface area contributed by atoms with Crippen molar-refractivity contribution in [1.82, 2.24) is 0 Å². The van der Waals surface area contributed by atoms with Gasteiger partial charge in [-0.3, -0.25) is 0 Å². The summed E-state index contributed by atoms with van der Waals surface area (Å²) in [6, 6.07) is 0. The second-order valence-corrected chi connectivity index (χ2v) is 6.82. The van der Waals surface area contributed by atoms with Crippen LogP contribution in [0.25, 0.3) is 0 Å². The van der Waals surface area contributed by atoms with Gasteiger partial charge in [0.1, 0.15) is 5.76 Å². The summed E-state index contributed by atoms with van der Waals surface area (Å²) in [6.07, 6.45) is 14.9. The Bertz CT molecular complexity index is 711. The molecule has 2 aliphatic rings. The molecule has 0 aromatic rings. The summed E-state index contributed by atoms with van der Waals surface area (Å²) in [6.45, 7) is 4.43. The second-order valence-electron chi connectivity index (χ2n) is 6.82. The Labute approximate surface area is 172 Å². The summed E-state index contributed by atoms with van der Waals surface area (Å²) in [4.78, 5) is 23.2. The number of esters is 2. The fourth-order valence-electron chi connectivity index (χ4n) is 2.94. The zero-order valence-electron chi connectivity index (χ0n) is 17.1. The maximum Gasteiger partial charge on any atom is 0.339 e. The summed E-state index contributed by atoms with van der Waals surface area (Å²) in [5, 5.41) is 0. The van der Waals surface area contributed by atoms with E-state index in [-0.39, 0.29) is 11.9 Å². The molecule has 29 heavy (non-hydrogen) atoms. The van der Waals surface area contributed by atoms with Crippen molar-refractivity contribution in [3.8, 4) is 0 Å². The largest absolute Gasteiger partial charge is 0.501 e. The minimum Gasteiger partial charge on any atom is -0.501 e. The Morgan fingerprint density at radius 2 is 1.55 bits per heavy atom. The average molecular weight is 402 g/mol. The van der Waals surface area contributed by atoms with Gasteiger partial charge in [0, 0.05) is 30.9 Å².